The zero-order chi connectivity index (χ0) is 21.0. The second kappa shape index (κ2) is 9.12. The van der Waals surface area contributed by atoms with Gasteiger partial charge in [0.05, 0.1) is 0 Å². The van der Waals surface area contributed by atoms with E-state index >= 15 is 0 Å². The molecule has 0 spiro atoms. The Balaban J connectivity index is 1.80. The van der Waals surface area contributed by atoms with Gasteiger partial charge in [-0.1, -0.05) is 0 Å². The van der Waals surface area contributed by atoms with E-state index in [1.807, 2.05) is 48.5 Å². The quantitative estimate of drug-likeness (QED) is 0.274. The molecular formula is C27H18ClNOTe. The van der Waals surface area contributed by atoms with Crippen LogP contribution in [0.2, 0.25) is 5.02 Å². The number of hydrogen-bond donors (Lipinski definition) is 0. The van der Waals surface area contributed by atoms with E-state index in [1.54, 1.807) is 0 Å². The van der Waals surface area contributed by atoms with Crippen molar-refractivity contribution in [3.05, 3.63) is 120 Å². The molecule has 31 heavy (non-hydrogen) atoms. The Kier molecular flexibility index (Phi) is 5.91. The second-order valence-corrected chi connectivity index (χ2v) is 10.5. The van der Waals surface area contributed by atoms with Crippen LogP contribution in [0.25, 0.3) is 22.1 Å². The molecule has 0 atom stereocenters. The second-order valence-electron chi connectivity index (χ2n) is 6.98. The zero-order valence-electron chi connectivity index (χ0n) is 16.5. The zero-order valence-corrected chi connectivity index (χ0v) is 19.6. The van der Waals surface area contributed by atoms with Crippen LogP contribution in [0.4, 0.5) is 5.69 Å². The van der Waals surface area contributed by atoms with Crippen LogP contribution in [0.3, 0.4) is 0 Å². The molecular weight excluding hydrogens is 517 g/mol. The first-order valence-corrected chi connectivity index (χ1v) is 12.6. The topological polar surface area (TPSA) is 25.5 Å². The molecule has 0 aliphatic carbocycles. The Bertz CT molecular complexity index is 1390. The molecule has 0 bridgehead atoms. The molecule has 1 aromatic heterocycles. The van der Waals surface area contributed by atoms with Crippen molar-refractivity contribution in [1.29, 1.82) is 0 Å². The first-order chi connectivity index (χ1) is 15.3. The van der Waals surface area contributed by atoms with Gasteiger partial charge in [-0.15, -0.1) is 0 Å². The number of halogens is 1. The van der Waals surface area contributed by atoms with Gasteiger partial charge in [-0.05, 0) is 0 Å². The molecule has 0 saturated heterocycles. The van der Waals surface area contributed by atoms with E-state index in [0.717, 1.165) is 22.4 Å². The fourth-order valence-corrected chi connectivity index (χ4v) is 6.57. The summed E-state index contributed by atoms with van der Waals surface area (Å²) in [6.45, 7) is 0. The Morgan fingerprint density at radius 1 is 0.645 bits per heavy atom. The average molecular weight is 536 g/mol. The predicted octanol–water partition coefficient (Wildman–Crippen LogP) is 5.64. The van der Waals surface area contributed by atoms with Crippen molar-refractivity contribution in [1.82, 2.24) is 0 Å². The van der Waals surface area contributed by atoms with E-state index in [0.29, 0.717) is 10.6 Å². The van der Waals surface area contributed by atoms with Crippen LogP contribution in [0.5, 0.6) is 0 Å². The number of hydrogen-bond acceptors (Lipinski definition) is 2. The first kappa shape index (κ1) is 20.1. The van der Waals surface area contributed by atoms with Gasteiger partial charge in [0.1, 0.15) is 0 Å². The molecule has 0 N–H and O–H groups in total. The van der Waals surface area contributed by atoms with Gasteiger partial charge in [-0.3, -0.25) is 0 Å². The fourth-order valence-electron chi connectivity index (χ4n) is 3.39. The van der Waals surface area contributed by atoms with Gasteiger partial charge in [0.2, 0.25) is 0 Å². The van der Waals surface area contributed by atoms with Crippen molar-refractivity contribution >= 4 is 56.2 Å². The van der Waals surface area contributed by atoms with Gasteiger partial charge in [0, 0.05) is 0 Å². The maximum absolute atomic E-state index is 6.55. The van der Waals surface area contributed by atoms with Gasteiger partial charge in [0.15, 0.2) is 0 Å². The van der Waals surface area contributed by atoms with Crippen LogP contribution in [0.15, 0.2) is 119 Å². The number of nitrogens with zero attached hydrogens (tertiary/aromatic N) is 1. The standard InChI is InChI=1S/C27H18ClNOTe/c28-20-15-17-21(18-16-20)29-27-24-14-8-7-13-23(24)26(31-22-11-5-2-6-12-22)25(30-27)19-9-3-1-4-10-19/h1-18H. The molecule has 0 radical (unpaired) electrons. The van der Waals surface area contributed by atoms with Crippen LogP contribution < -0.4 is 12.8 Å². The third-order valence-corrected chi connectivity index (χ3v) is 8.30. The average Bonchev–Trinajstić information content (AvgIpc) is 2.83. The molecule has 0 unspecified atom stereocenters. The van der Waals surface area contributed by atoms with Crippen molar-refractivity contribution in [3.8, 4) is 11.3 Å². The monoisotopic (exact) mass is 537 g/mol. The molecule has 1 heterocycles. The third kappa shape index (κ3) is 4.45. The summed E-state index contributed by atoms with van der Waals surface area (Å²) in [6, 6.07) is 36.9. The molecule has 0 aliphatic heterocycles. The fraction of sp³-hybridized carbons (Fsp3) is 0. The molecule has 2 nitrogen and oxygen atoms in total. The Morgan fingerprint density at radius 3 is 1.97 bits per heavy atom. The Labute approximate surface area is 195 Å². The van der Waals surface area contributed by atoms with Crippen LogP contribution in [-0.4, -0.2) is 20.9 Å². The minimum absolute atomic E-state index is 0.612. The molecule has 5 rings (SSSR count). The van der Waals surface area contributed by atoms with Gasteiger partial charge in [-0.25, -0.2) is 0 Å². The van der Waals surface area contributed by atoms with Crippen molar-refractivity contribution in [2.45, 2.75) is 0 Å². The number of fused-ring (bicyclic) bond motifs is 1. The minimum atomic E-state index is -0.674. The number of rotatable bonds is 4. The first-order valence-electron chi connectivity index (χ1n) is 9.92. The van der Waals surface area contributed by atoms with Crippen molar-refractivity contribution in [2.75, 3.05) is 0 Å². The number of benzene rings is 4. The molecule has 0 aliphatic rings. The van der Waals surface area contributed by atoms with Crippen molar-refractivity contribution in [3.63, 3.8) is 0 Å². The van der Waals surface area contributed by atoms with Crippen LogP contribution in [0.1, 0.15) is 0 Å². The summed E-state index contributed by atoms with van der Waals surface area (Å²) in [6.07, 6.45) is 0. The van der Waals surface area contributed by atoms with E-state index in [1.165, 1.54) is 12.6 Å². The SMILES string of the molecule is Clc1ccc(N=c2oc(-c3ccccc3)c([Te]c3ccccc3)c3ccccc23)cc1. The molecule has 0 saturated carbocycles. The van der Waals surface area contributed by atoms with Gasteiger partial charge >= 0.3 is 197 Å². The Hall–Kier alpha value is -2.83. The predicted molar refractivity (Wildman–Crippen MR) is 130 cm³/mol. The van der Waals surface area contributed by atoms with Crippen LogP contribution >= 0.6 is 11.6 Å². The maximum atomic E-state index is 6.55. The molecule has 4 aromatic carbocycles. The van der Waals surface area contributed by atoms with E-state index in [4.69, 9.17) is 21.0 Å². The van der Waals surface area contributed by atoms with E-state index in [2.05, 4.69) is 60.7 Å². The van der Waals surface area contributed by atoms with Gasteiger partial charge in [0.25, 0.3) is 0 Å². The van der Waals surface area contributed by atoms with E-state index in [-0.39, 0.29) is 0 Å². The summed E-state index contributed by atoms with van der Waals surface area (Å²) in [7, 11) is 0. The molecule has 0 fully saturated rings. The summed E-state index contributed by atoms with van der Waals surface area (Å²) in [5, 5.41) is 2.91. The summed E-state index contributed by atoms with van der Waals surface area (Å²) < 4.78 is 9.20. The molecule has 150 valence electrons. The summed E-state index contributed by atoms with van der Waals surface area (Å²) in [5.74, 6) is 0.901. The van der Waals surface area contributed by atoms with Gasteiger partial charge < -0.3 is 0 Å². The van der Waals surface area contributed by atoms with E-state index < -0.39 is 20.9 Å². The van der Waals surface area contributed by atoms with Crippen molar-refractivity contribution in [2.24, 2.45) is 4.99 Å². The van der Waals surface area contributed by atoms with Crippen LogP contribution in [-0.2, 0) is 0 Å². The summed E-state index contributed by atoms with van der Waals surface area (Å²) in [5.41, 5.74) is 2.49. The Morgan fingerprint density at radius 2 is 1.26 bits per heavy atom. The molecule has 4 heteroatoms. The van der Waals surface area contributed by atoms with Gasteiger partial charge in [-0.2, -0.15) is 0 Å². The van der Waals surface area contributed by atoms with E-state index in [9.17, 15) is 0 Å². The molecule has 0 amide bonds. The van der Waals surface area contributed by atoms with Crippen molar-refractivity contribution < 1.29 is 4.42 Å². The van der Waals surface area contributed by atoms with Crippen LogP contribution in [0, 0.1) is 0 Å². The summed E-state index contributed by atoms with van der Waals surface area (Å²) >= 11 is 5.38. The third-order valence-electron chi connectivity index (χ3n) is 4.86. The molecule has 5 aromatic rings. The normalized spacial score (nSPS) is 11.7. The summed E-state index contributed by atoms with van der Waals surface area (Å²) in [4.78, 5) is 4.83.